The molecule has 3 N–H and O–H groups in total. The number of carbonyl (C=O) groups is 1. The Labute approximate surface area is 159 Å². The molecule has 0 spiro atoms. The van der Waals surface area contributed by atoms with Crippen LogP contribution in [0.3, 0.4) is 0 Å². The number of nitrogens with two attached hydrogens (primary N) is 1. The summed E-state index contributed by atoms with van der Waals surface area (Å²) in [5.41, 5.74) is 3.75. The van der Waals surface area contributed by atoms with Crippen molar-refractivity contribution in [2.75, 3.05) is 6.54 Å². The molecule has 2 atom stereocenters. The number of hydrogen-bond donors (Lipinski definition) is 2. The van der Waals surface area contributed by atoms with Crippen LogP contribution in [0, 0.1) is 0 Å². The first kappa shape index (κ1) is 17.6. The van der Waals surface area contributed by atoms with E-state index >= 15 is 0 Å². The van der Waals surface area contributed by atoms with Gasteiger partial charge in [0.1, 0.15) is 0 Å². The van der Waals surface area contributed by atoms with E-state index in [-0.39, 0.29) is 18.0 Å². The molecule has 1 heterocycles. The molecule has 1 amide bonds. The van der Waals surface area contributed by atoms with Crippen LogP contribution in [0.2, 0.25) is 0 Å². The van der Waals surface area contributed by atoms with Gasteiger partial charge in [-0.3, -0.25) is 4.79 Å². The predicted octanol–water partition coefficient (Wildman–Crippen LogP) is 3.13. The van der Waals surface area contributed by atoms with Gasteiger partial charge in [-0.2, -0.15) is 0 Å². The Balaban J connectivity index is 1.42. The van der Waals surface area contributed by atoms with E-state index in [1.807, 2.05) is 35.6 Å². The van der Waals surface area contributed by atoms with Gasteiger partial charge in [0.05, 0.1) is 12.3 Å². The molecule has 1 aliphatic carbocycles. The lowest BCUT2D eigenvalue weighted by Gasteiger charge is -2.26. The van der Waals surface area contributed by atoms with E-state index in [1.54, 1.807) is 6.26 Å². The number of benzene rings is 2. The molecular weight excluding hydrogens is 336 g/mol. The summed E-state index contributed by atoms with van der Waals surface area (Å²) in [6, 6.07) is 22.5. The molecule has 3 aromatic rings. The number of furan rings is 1. The SMILES string of the molecule is O=C(C[NH2+][C@H](c1ccccc1)c1ccco1)N[C@@H]1CCCc2ccccc21. The Kier molecular flexibility index (Phi) is 5.35. The molecule has 138 valence electrons. The van der Waals surface area contributed by atoms with Gasteiger partial charge < -0.3 is 15.1 Å². The van der Waals surface area contributed by atoms with Crippen LogP contribution in [-0.4, -0.2) is 12.5 Å². The van der Waals surface area contributed by atoms with Crippen molar-refractivity contribution in [3.8, 4) is 0 Å². The standard InChI is InChI=1S/C23H24N2O2/c26-22(25-20-13-6-11-17-8-4-5-12-19(17)20)16-24-23(21-14-7-15-27-21)18-9-2-1-3-10-18/h1-5,7-10,12,14-15,20,23-24H,6,11,13,16H2,(H,25,26)/p+1/t20-,23-/m1/s1. The summed E-state index contributed by atoms with van der Waals surface area (Å²) in [6.07, 6.45) is 4.90. The monoisotopic (exact) mass is 361 g/mol. The van der Waals surface area contributed by atoms with Crippen molar-refractivity contribution in [2.45, 2.75) is 31.3 Å². The van der Waals surface area contributed by atoms with Gasteiger partial charge in [0.2, 0.25) is 0 Å². The molecule has 1 aliphatic rings. The number of hydrogen-bond acceptors (Lipinski definition) is 2. The highest BCUT2D eigenvalue weighted by molar-refractivity contribution is 5.77. The molecule has 0 saturated heterocycles. The first-order valence-electron chi connectivity index (χ1n) is 9.60. The second-order valence-electron chi connectivity index (χ2n) is 7.05. The average molecular weight is 361 g/mol. The van der Waals surface area contributed by atoms with Crippen LogP contribution in [0.15, 0.2) is 77.4 Å². The van der Waals surface area contributed by atoms with Gasteiger partial charge in [0, 0.05) is 5.56 Å². The third kappa shape index (κ3) is 4.12. The average Bonchev–Trinajstić information content (AvgIpc) is 3.24. The molecule has 0 radical (unpaired) electrons. The summed E-state index contributed by atoms with van der Waals surface area (Å²) in [5.74, 6) is 0.918. The number of aryl methyl sites for hydroxylation is 1. The lowest BCUT2D eigenvalue weighted by molar-refractivity contribution is -0.678. The number of amides is 1. The van der Waals surface area contributed by atoms with Crippen LogP contribution in [0.5, 0.6) is 0 Å². The van der Waals surface area contributed by atoms with Gasteiger partial charge in [-0.05, 0) is 42.5 Å². The van der Waals surface area contributed by atoms with Gasteiger partial charge in [0.15, 0.2) is 18.3 Å². The maximum Gasteiger partial charge on any atom is 0.275 e. The topological polar surface area (TPSA) is 58.9 Å². The number of quaternary nitrogens is 1. The lowest BCUT2D eigenvalue weighted by atomic mass is 9.88. The van der Waals surface area contributed by atoms with E-state index in [4.69, 9.17) is 4.42 Å². The summed E-state index contributed by atoms with van der Waals surface area (Å²) in [7, 11) is 0. The highest BCUT2D eigenvalue weighted by Gasteiger charge is 2.24. The molecule has 27 heavy (non-hydrogen) atoms. The molecule has 4 nitrogen and oxygen atoms in total. The van der Waals surface area contributed by atoms with Crippen molar-refractivity contribution in [1.29, 1.82) is 0 Å². The summed E-state index contributed by atoms with van der Waals surface area (Å²) < 4.78 is 5.62. The fourth-order valence-electron chi connectivity index (χ4n) is 3.93. The quantitative estimate of drug-likeness (QED) is 0.709. The van der Waals surface area contributed by atoms with E-state index in [0.29, 0.717) is 6.54 Å². The molecule has 4 rings (SSSR count). The van der Waals surface area contributed by atoms with Gasteiger partial charge in [-0.15, -0.1) is 0 Å². The second-order valence-corrected chi connectivity index (χ2v) is 7.05. The van der Waals surface area contributed by atoms with Crippen molar-refractivity contribution < 1.29 is 14.5 Å². The van der Waals surface area contributed by atoms with Gasteiger partial charge in [-0.1, -0.05) is 54.6 Å². The van der Waals surface area contributed by atoms with Crippen molar-refractivity contribution in [3.05, 3.63) is 95.4 Å². The van der Waals surface area contributed by atoms with Crippen molar-refractivity contribution >= 4 is 5.91 Å². The van der Waals surface area contributed by atoms with Crippen LogP contribution in [0.25, 0.3) is 0 Å². The summed E-state index contributed by atoms with van der Waals surface area (Å²) in [4.78, 5) is 12.7. The highest BCUT2D eigenvalue weighted by Crippen LogP contribution is 2.29. The van der Waals surface area contributed by atoms with E-state index in [0.717, 1.165) is 30.6 Å². The zero-order valence-electron chi connectivity index (χ0n) is 15.3. The number of nitrogens with one attached hydrogen (secondary N) is 1. The van der Waals surface area contributed by atoms with E-state index in [1.165, 1.54) is 11.1 Å². The Morgan fingerprint density at radius 2 is 1.89 bits per heavy atom. The minimum absolute atomic E-state index is 0.0226. The largest absolute Gasteiger partial charge is 0.463 e. The van der Waals surface area contributed by atoms with Gasteiger partial charge in [0.25, 0.3) is 5.91 Å². The first-order chi connectivity index (χ1) is 13.3. The molecule has 0 saturated carbocycles. The maximum atomic E-state index is 12.7. The molecule has 4 heteroatoms. The number of carbonyl (C=O) groups excluding carboxylic acids is 1. The van der Waals surface area contributed by atoms with Crippen molar-refractivity contribution in [1.82, 2.24) is 5.32 Å². The van der Waals surface area contributed by atoms with Crippen molar-refractivity contribution in [3.63, 3.8) is 0 Å². The fourth-order valence-corrected chi connectivity index (χ4v) is 3.93. The number of rotatable bonds is 6. The van der Waals surface area contributed by atoms with Crippen LogP contribution >= 0.6 is 0 Å². The van der Waals surface area contributed by atoms with Gasteiger partial charge >= 0.3 is 0 Å². The summed E-state index contributed by atoms with van der Waals surface area (Å²) in [5, 5.41) is 5.27. The van der Waals surface area contributed by atoms with Crippen LogP contribution in [0.4, 0.5) is 0 Å². The minimum Gasteiger partial charge on any atom is -0.463 e. The molecule has 0 fully saturated rings. The molecule has 0 unspecified atom stereocenters. The molecule has 0 aliphatic heterocycles. The molecule has 0 bridgehead atoms. The molecule has 2 aromatic carbocycles. The van der Waals surface area contributed by atoms with Crippen molar-refractivity contribution in [2.24, 2.45) is 0 Å². The summed E-state index contributed by atoms with van der Waals surface area (Å²) in [6.45, 7) is 0.360. The Morgan fingerprint density at radius 1 is 1.07 bits per heavy atom. The second kappa shape index (κ2) is 8.23. The van der Waals surface area contributed by atoms with Crippen LogP contribution in [-0.2, 0) is 11.2 Å². The smallest absolute Gasteiger partial charge is 0.275 e. The maximum absolute atomic E-state index is 12.7. The molecular formula is C23H25N2O2+. The Bertz CT molecular complexity index is 874. The third-order valence-corrected chi connectivity index (χ3v) is 5.25. The zero-order chi connectivity index (χ0) is 18.5. The van der Waals surface area contributed by atoms with E-state index in [2.05, 4.69) is 41.7 Å². The normalized spacial score (nSPS) is 17.1. The highest BCUT2D eigenvalue weighted by atomic mass is 16.3. The lowest BCUT2D eigenvalue weighted by Crippen LogP contribution is -2.87. The van der Waals surface area contributed by atoms with Crippen LogP contribution < -0.4 is 10.6 Å². The Hall–Kier alpha value is -2.85. The van der Waals surface area contributed by atoms with Gasteiger partial charge in [-0.25, -0.2) is 0 Å². The third-order valence-electron chi connectivity index (χ3n) is 5.25. The minimum atomic E-state index is -0.0226. The van der Waals surface area contributed by atoms with Crippen LogP contribution in [0.1, 0.15) is 47.4 Å². The predicted molar refractivity (Wildman–Crippen MR) is 104 cm³/mol. The fraction of sp³-hybridized carbons (Fsp3) is 0.261. The van der Waals surface area contributed by atoms with E-state index in [9.17, 15) is 4.79 Å². The Morgan fingerprint density at radius 3 is 2.70 bits per heavy atom. The van der Waals surface area contributed by atoms with E-state index < -0.39 is 0 Å². The number of fused-ring (bicyclic) bond motifs is 1. The summed E-state index contributed by atoms with van der Waals surface area (Å²) >= 11 is 0. The zero-order valence-corrected chi connectivity index (χ0v) is 15.3. The first-order valence-corrected chi connectivity index (χ1v) is 9.60. The molecule has 1 aromatic heterocycles.